The van der Waals surface area contributed by atoms with E-state index in [0.29, 0.717) is 17.4 Å². The van der Waals surface area contributed by atoms with Crippen molar-refractivity contribution in [2.75, 3.05) is 14.2 Å². The maximum atomic E-state index is 14.7. The predicted octanol–water partition coefficient (Wildman–Crippen LogP) is 7.88. The van der Waals surface area contributed by atoms with Crippen LogP contribution in [0.5, 0.6) is 5.75 Å². The number of carbonyl (C=O) groups is 2. The summed E-state index contributed by atoms with van der Waals surface area (Å²) < 4.78 is 35.0. The van der Waals surface area contributed by atoms with Crippen LogP contribution in [0.15, 0.2) is 54.6 Å². The molecule has 0 aliphatic heterocycles. The Labute approximate surface area is 247 Å². The molecule has 0 unspecified atom stereocenters. The second kappa shape index (κ2) is 12.3. The molecule has 9 heteroatoms. The van der Waals surface area contributed by atoms with E-state index >= 15 is 0 Å². The number of carbonyl (C=O) groups excluding carboxylic acids is 2. The van der Waals surface area contributed by atoms with Crippen molar-refractivity contribution in [1.82, 2.24) is 10.2 Å². The summed E-state index contributed by atoms with van der Waals surface area (Å²) in [5.41, 5.74) is 3.25. The lowest BCUT2D eigenvalue weighted by Gasteiger charge is -2.37. The van der Waals surface area contributed by atoms with Gasteiger partial charge in [0.2, 0.25) is 0 Å². The highest BCUT2D eigenvalue weighted by molar-refractivity contribution is 7.21. The fourth-order valence-corrected chi connectivity index (χ4v) is 7.08. The standard InChI is InChI=1S/C32H31ClF2N2O3S/c1-18(38)19-4-6-20(7-5-19)21-8-15-27(40-3)22(16-21)17-37(24-11-9-23(36-2)10-12-24)32(39)31-29(33)28-25(34)13-14-26(35)30(28)41-31/h4-8,13-16,23-24,36H,9-12,17H2,1-3H3/t23-,24+. The van der Waals surface area contributed by atoms with Crippen LogP contribution in [0.1, 0.15) is 58.2 Å². The Morgan fingerprint density at radius 2 is 1.66 bits per heavy atom. The van der Waals surface area contributed by atoms with Crippen molar-refractivity contribution in [3.63, 3.8) is 0 Å². The van der Waals surface area contributed by atoms with Crippen LogP contribution in [0.25, 0.3) is 21.2 Å². The Morgan fingerprint density at radius 1 is 1.00 bits per heavy atom. The Bertz CT molecular complexity index is 1600. The van der Waals surface area contributed by atoms with E-state index < -0.39 is 11.6 Å². The van der Waals surface area contributed by atoms with Gasteiger partial charge in [0.05, 0.1) is 22.2 Å². The largest absolute Gasteiger partial charge is 0.496 e. The quantitative estimate of drug-likeness (QED) is 0.210. The summed E-state index contributed by atoms with van der Waals surface area (Å²) in [5, 5.41) is 3.20. The lowest BCUT2D eigenvalue weighted by atomic mass is 9.89. The zero-order valence-electron chi connectivity index (χ0n) is 23.1. The molecule has 41 heavy (non-hydrogen) atoms. The van der Waals surface area contributed by atoms with Gasteiger partial charge in [0.25, 0.3) is 5.91 Å². The number of benzene rings is 3. The molecule has 1 saturated carbocycles. The van der Waals surface area contributed by atoms with Crippen molar-refractivity contribution < 1.29 is 23.1 Å². The number of Topliss-reactive ketones (excluding diaryl/α,β-unsaturated/α-hetero) is 1. The highest BCUT2D eigenvalue weighted by atomic mass is 35.5. The van der Waals surface area contributed by atoms with Crippen molar-refractivity contribution in [3.8, 4) is 16.9 Å². The number of ketones is 1. The number of nitrogens with one attached hydrogen (secondary N) is 1. The van der Waals surface area contributed by atoms with Gasteiger partial charge in [-0.2, -0.15) is 0 Å². The maximum Gasteiger partial charge on any atom is 0.266 e. The number of rotatable bonds is 8. The fraction of sp³-hybridized carbons (Fsp3) is 0.312. The molecule has 4 aromatic rings. The normalized spacial score (nSPS) is 17.0. The average Bonchev–Trinajstić information content (AvgIpc) is 3.35. The molecule has 1 aliphatic carbocycles. The van der Waals surface area contributed by atoms with E-state index in [2.05, 4.69) is 5.32 Å². The van der Waals surface area contributed by atoms with E-state index in [4.69, 9.17) is 16.3 Å². The maximum absolute atomic E-state index is 14.7. The lowest BCUT2D eigenvalue weighted by molar-refractivity contribution is 0.0604. The second-order valence-electron chi connectivity index (χ2n) is 10.4. The zero-order valence-corrected chi connectivity index (χ0v) is 24.7. The first-order valence-corrected chi connectivity index (χ1v) is 14.7. The van der Waals surface area contributed by atoms with Crippen LogP contribution in [0.4, 0.5) is 8.78 Å². The predicted molar refractivity (Wildman–Crippen MR) is 160 cm³/mol. The van der Waals surface area contributed by atoms with Gasteiger partial charge in [-0.25, -0.2) is 8.78 Å². The molecule has 0 saturated heterocycles. The third kappa shape index (κ3) is 5.87. The Hall–Kier alpha value is -3.33. The van der Waals surface area contributed by atoms with Crippen LogP contribution in [-0.2, 0) is 6.54 Å². The fourth-order valence-electron chi connectivity index (χ4n) is 5.57. The molecule has 1 N–H and O–H groups in total. The summed E-state index contributed by atoms with van der Waals surface area (Å²) in [6.45, 7) is 1.76. The number of hydrogen-bond donors (Lipinski definition) is 1. The molecule has 0 atom stereocenters. The first-order chi connectivity index (χ1) is 19.7. The van der Waals surface area contributed by atoms with Gasteiger partial charge in [-0.3, -0.25) is 9.59 Å². The zero-order chi connectivity index (χ0) is 29.3. The minimum atomic E-state index is -0.659. The van der Waals surface area contributed by atoms with Crippen LogP contribution in [0.3, 0.4) is 0 Å². The summed E-state index contributed by atoms with van der Waals surface area (Å²) in [7, 11) is 3.52. The minimum absolute atomic E-state index is 0.00576. The monoisotopic (exact) mass is 596 g/mol. The smallest absolute Gasteiger partial charge is 0.266 e. The molecule has 0 bridgehead atoms. The number of fused-ring (bicyclic) bond motifs is 1. The van der Waals surface area contributed by atoms with E-state index in [1.807, 2.05) is 37.4 Å². The number of thiophene rings is 1. The number of hydrogen-bond acceptors (Lipinski definition) is 5. The van der Waals surface area contributed by atoms with Crippen molar-refractivity contribution >= 4 is 44.7 Å². The van der Waals surface area contributed by atoms with Gasteiger partial charge in [0.15, 0.2) is 5.78 Å². The summed E-state index contributed by atoms with van der Waals surface area (Å²) in [4.78, 5) is 27.8. The molecule has 1 heterocycles. The molecule has 214 valence electrons. The van der Waals surface area contributed by atoms with Gasteiger partial charge in [-0.05, 0) is 75.0 Å². The Balaban J connectivity index is 1.54. The molecular formula is C32H31ClF2N2O3S. The number of halogens is 3. The number of amides is 1. The van der Waals surface area contributed by atoms with Crippen molar-refractivity contribution in [2.45, 2.75) is 51.2 Å². The molecular weight excluding hydrogens is 566 g/mol. The van der Waals surface area contributed by atoms with Crippen molar-refractivity contribution in [3.05, 3.63) is 87.3 Å². The van der Waals surface area contributed by atoms with Crippen LogP contribution >= 0.6 is 22.9 Å². The molecule has 0 spiro atoms. The summed E-state index contributed by atoms with van der Waals surface area (Å²) in [5.74, 6) is -1.02. The van der Waals surface area contributed by atoms with E-state index in [0.717, 1.165) is 65.8 Å². The Morgan fingerprint density at radius 3 is 2.27 bits per heavy atom. The average molecular weight is 597 g/mol. The highest BCUT2D eigenvalue weighted by Gasteiger charge is 2.33. The molecule has 1 amide bonds. The van der Waals surface area contributed by atoms with E-state index in [1.165, 1.54) is 6.92 Å². The van der Waals surface area contributed by atoms with Gasteiger partial charge in [-0.15, -0.1) is 11.3 Å². The summed E-state index contributed by atoms with van der Waals surface area (Å²) >= 11 is 7.44. The van der Waals surface area contributed by atoms with Crippen LogP contribution < -0.4 is 10.1 Å². The summed E-state index contributed by atoms with van der Waals surface area (Å²) in [6.07, 6.45) is 3.34. The number of ether oxygens (including phenoxy) is 1. The summed E-state index contributed by atoms with van der Waals surface area (Å²) in [6, 6.07) is 15.5. The second-order valence-corrected chi connectivity index (χ2v) is 11.8. The SMILES string of the molecule is CN[C@H]1CC[C@@H](N(Cc2cc(-c3ccc(C(C)=O)cc3)ccc2OC)C(=O)c2sc3c(F)ccc(F)c3c2Cl)CC1. The third-order valence-corrected chi connectivity index (χ3v) is 9.60. The van der Waals surface area contributed by atoms with Crippen molar-refractivity contribution in [2.24, 2.45) is 0 Å². The third-order valence-electron chi connectivity index (χ3n) is 7.93. The van der Waals surface area contributed by atoms with Crippen LogP contribution in [0.2, 0.25) is 5.02 Å². The number of nitrogens with zero attached hydrogens (tertiary/aromatic N) is 1. The molecule has 5 rings (SSSR count). The van der Waals surface area contributed by atoms with Crippen molar-refractivity contribution in [1.29, 1.82) is 0 Å². The molecule has 1 aliphatic rings. The minimum Gasteiger partial charge on any atom is -0.496 e. The van der Waals surface area contributed by atoms with E-state index in [-0.39, 0.29) is 44.3 Å². The molecule has 1 aromatic heterocycles. The van der Waals surface area contributed by atoms with E-state index in [1.54, 1.807) is 24.1 Å². The van der Waals surface area contributed by atoms with Gasteiger partial charge in [-0.1, -0.05) is 41.9 Å². The van der Waals surface area contributed by atoms with E-state index in [9.17, 15) is 18.4 Å². The first-order valence-electron chi connectivity index (χ1n) is 13.5. The molecule has 3 aromatic carbocycles. The first kappa shape index (κ1) is 29.2. The van der Waals surface area contributed by atoms with Gasteiger partial charge < -0.3 is 15.0 Å². The highest BCUT2D eigenvalue weighted by Crippen LogP contribution is 2.40. The van der Waals surface area contributed by atoms with Gasteiger partial charge in [0, 0.05) is 29.8 Å². The van der Waals surface area contributed by atoms with Gasteiger partial charge in [0.1, 0.15) is 22.3 Å². The Kier molecular flexibility index (Phi) is 8.73. The lowest BCUT2D eigenvalue weighted by Crippen LogP contribution is -2.44. The molecule has 5 nitrogen and oxygen atoms in total. The molecule has 1 fully saturated rings. The number of methoxy groups -OCH3 is 1. The topological polar surface area (TPSA) is 58.6 Å². The van der Waals surface area contributed by atoms with Crippen LogP contribution in [-0.4, -0.2) is 42.8 Å². The van der Waals surface area contributed by atoms with Gasteiger partial charge >= 0.3 is 0 Å². The van der Waals surface area contributed by atoms with Crippen LogP contribution in [0, 0.1) is 11.6 Å². The molecule has 0 radical (unpaired) electrons.